The topological polar surface area (TPSA) is 66.0 Å². The molecule has 0 heterocycles. The Kier molecular flexibility index (Phi) is 6.92. The van der Waals surface area contributed by atoms with Crippen molar-refractivity contribution in [2.75, 3.05) is 7.11 Å². The number of allylic oxidation sites excluding steroid dienone is 1. The highest BCUT2D eigenvalue weighted by Crippen LogP contribution is 2.36. The highest BCUT2D eigenvalue weighted by molar-refractivity contribution is 14.1. The van der Waals surface area contributed by atoms with Crippen molar-refractivity contribution in [3.05, 3.63) is 105 Å². The van der Waals surface area contributed by atoms with Crippen molar-refractivity contribution in [3.63, 3.8) is 0 Å². The second-order valence-corrected chi connectivity index (χ2v) is 8.49. The highest BCUT2D eigenvalue weighted by atomic mass is 127. The highest BCUT2D eigenvalue weighted by Gasteiger charge is 2.13. The van der Waals surface area contributed by atoms with Crippen LogP contribution in [-0.2, 0) is 6.61 Å². The van der Waals surface area contributed by atoms with Crippen molar-refractivity contribution in [3.8, 4) is 23.6 Å². The van der Waals surface area contributed by atoms with Gasteiger partial charge in [0.25, 0.3) is 0 Å². The van der Waals surface area contributed by atoms with Gasteiger partial charge in [-0.05, 0) is 80.4 Å². The predicted molar refractivity (Wildman–Crippen MR) is 139 cm³/mol. The van der Waals surface area contributed by atoms with E-state index in [1.165, 1.54) is 5.39 Å². The molecule has 5 heteroatoms. The average molecular weight is 542 g/mol. The zero-order valence-corrected chi connectivity index (χ0v) is 20.0. The average Bonchev–Trinajstić information content (AvgIpc) is 2.86. The summed E-state index contributed by atoms with van der Waals surface area (Å²) in [6, 6.07) is 29.6. The SMILES string of the molecule is COc1cc(C=C(C#N)c2cccc(C#N)c2)cc(I)c1OCc1cccc2ccccc12. The Hall–Kier alpha value is -3.81. The van der Waals surface area contributed by atoms with Crippen LogP contribution in [0.25, 0.3) is 22.4 Å². The maximum atomic E-state index is 9.69. The Morgan fingerprint density at radius 1 is 0.970 bits per heavy atom. The molecule has 4 aromatic rings. The van der Waals surface area contributed by atoms with Gasteiger partial charge in [0, 0.05) is 0 Å². The lowest BCUT2D eigenvalue weighted by Gasteiger charge is -2.15. The number of fused-ring (bicyclic) bond motifs is 1. The van der Waals surface area contributed by atoms with Crippen LogP contribution in [0.15, 0.2) is 78.9 Å². The van der Waals surface area contributed by atoms with E-state index in [0.29, 0.717) is 34.8 Å². The molecule has 0 atom stereocenters. The van der Waals surface area contributed by atoms with Crippen molar-refractivity contribution in [1.29, 1.82) is 10.5 Å². The number of rotatable bonds is 6. The first-order chi connectivity index (χ1) is 16.1. The normalized spacial score (nSPS) is 11.0. The summed E-state index contributed by atoms with van der Waals surface area (Å²) in [6.45, 7) is 0.410. The van der Waals surface area contributed by atoms with E-state index >= 15 is 0 Å². The van der Waals surface area contributed by atoms with Crippen molar-refractivity contribution >= 4 is 45.0 Å². The smallest absolute Gasteiger partial charge is 0.174 e. The van der Waals surface area contributed by atoms with E-state index in [1.807, 2.05) is 36.4 Å². The van der Waals surface area contributed by atoms with E-state index in [-0.39, 0.29) is 0 Å². The van der Waals surface area contributed by atoms with Gasteiger partial charge in [-0.15, -0.1) is 0 Å². The van der Waals surface area contributed by atoms with Crippen LogP contribution in [-0.4, -0.2) is 7.11 Å². The first kappa shape index (κ1) is 22.4. The molecule has 0 aliphatic rings. The molecule has 0 aliphatic heterocycles. The largest absolute Gasteiger partial charge is 0.493 e. The van der Waals surface area contributed by atoms with Gasteiger partial charge >= 0.3 is 0 Å². The van der Waals surface area contributed by atoms with Crippen LogP contribution >= 0.6 is 22.6 Å². The first-order valence-electron chi connectivity index (χ1n) is 10.2. The summed E-state index contributed by atoms with van der Waals surface area (Å²) in [5.74, 6) is 1.25. The molecule has 0 aromatic heterocycles. The lowest BCUT2D eigenvalue weighted by Crippen LogP contribution is -2.01. The molecule has 0 radical (unpaired) electrons. The lowest BCUT2D eigenvalue weighted by atomic mass is 10.0. The summed E-state index contributed by atoms with van der Waals surface area (Å²) < 4.78 is 12.7. The van der Waals surface area contributed by atoms with E-state index in [0.717, 1.165) is 20.1 Å². The third-order valence-corrected chi connectivity index (χ3v) is 6.04. The minimum Gasteiger partial charge on any atom is -0.493 e. The second-order valence-electron chi connectivity index (χ2n) is 7.32. The standard InChI is InChI=1S/C28H19IN2O2/c1-32-27-15-20(13-24(17-31)22-9-4-6-19(12-22)16-30)14-26(29)28(27)33-18-23-10-5-8-21-7-2-3-11-25(21)23/h2-15H,18H2,1H3. The number of halogens is 1. The Morgan fingerprint density at radius 3 is 2.55 bits per heavy atom. The molecule has 160 valence electrons. The minimum absolute atomic E-state index is 0.410. The molecule has 0 bridgehead atoms. The number of nitrogens with zero attached hydrogens (tertiary/aromatic N) is 2. The Morgan fingerprint density at radius 2 is 1.76 bits per heavy atom. The molecule has 0 N–H and O–H groups in total. The maximum absolute atomic E-state index is 9.69. The molecule has 0 spiro atoms. The van der Waals surface area contributed by atoms with E-state index in [9.17, 15) is 5.26 Å². The molecule has 0 saturated heterocycles. The fourth-order valence-electron chi connectivity index (χ4n) is 3.63. The van der Waals surface area contributed by atoms with Crippen LogP contribution in [0.4, 0.5) is 0 Å². The van der Waals surface area contributed by atoms with Crippen LogP contribution < -0.4 is 9.47 Å². The number of nitriles is 2. The van der Waals surface area contributed by atoms with Gasteiger partial charge in [-0.3, -0.25) is 0 Å². The molecule has 0 saturated carbocycles. The Balaban J connectivity index is 1.65. The Labute approximate surface area is 206 Å². The molecule has 4 aromatic carbocycles. The summed E-state index contributed by atoms with van der Waals surface area (Å²) in [5, 5.41) is 21.2. The minimum atomic E-state index is 0.410. The molecule has 4 rings (SSSR count). The summed E-state index contributed by atoms with van der Waals surface area (Å²) >= 11 is 2.22. The number of ether oxygens (including phenoxy) is 2. The molecule has 0 fully saturated rings. The number of methoxy groups -OCH3 is 1. The maximum Gasteiger partial charge on any atom is 0.174 e. The van der Waals surface area contributed by atoms with Crippen LogP contribution in [0.1, 0.15) is 22.3 Å². The van der Waals surface area contributed by atoms with Gasteiger partial charge in [0.2, 0.25) is 0 Å². The molecular formula is C28H19IN2O2. The van der Waals surface area contributed by atoms with Gasteiger partial charge in [0.1, 0.15) is 6.61 Å². The molecule has 0 unspecified atom stereocenters. The second kappa shape index (κ2) is 10.2. The number of benzene rings is 4. The summed E-state index contributed by atoms with van der Waals surface area (Å²) in [4.78, 5) is 0. The van der Waals surface area contributed by atoms with Gasteiger partial charge in [-0.1, -0.05) is 54.6 Å². The quantitative estimate of drug-likeness (QED) is 0.150. The van der Waals surface area contributed by atoms with Gasteiger partial charge in [0.05, 0.1) is 34.0 Å². The third-order valence-electron chi connectivity index (χ3n) is 5.24. The summed E-state index contributed by atoms with van der Waals surface area (Å²) in [7, 11) is 1.60. The van der Waals surface area contributed by atoms with Crippen molar-refractivity contribution in [2.24, 2.45) is 0 Å². The van der Waals surface area contributed by atoms with Crippen molar-refractivity contribution in [2.45, 2.75) is 6.61 Å². The zero-order chi connectivity index (χ0) is 23.2. The van der Waals surface area contributed by atoms with Gasteiger partial charge in [-0.25, -0.2) is 0 Å². The van der Waals surface area contributed by atoms with Crippen molar-refractivity contribution in [1.82, 2.24) is 0 Å². The fraction of sp³-hybridized carbons (Fsp3) is 0.0714. The molecule has 0 aliphatic carbocycles. The summed E-state index contributed by atoms with van der Waals surface area (Å²) in [6.07, 6.45) is 1.79. The summed E-state index contributed by atoms with van der Waals surface area (Å²) in [5.41, 5.74) is 3.58. The fourth-order valence-corrected chi connectivity index (χ4v) is 4.42. The number of hydrogen-bond acceptors (Lipinski definition) is 4. The molecule has 4 nitrogen and oxygen atoms in total. The monoisotopic (exact) mass is 542 g/mol. The van der Waals surface area contributed by atoms with E-state index in [4.69, 9.17) is 14.7 Å². The van der Waals surface area contributed by atoms with E-state index in [1.54, 1.807) is 31.4 Å². The van der Waals surface area contributed by atoms with E-state index < -0.39 is 0 Å². The molecular weight excluding hydrogens is 523 g/mol. The first-order valence-corrected chi connectivity index (χ1v) is 11.3. The van der Waals surface area contributed by atoms with Gasteiger partial charge in [-0.2, -0.15) is 10.5 Å². The predicted octanol–water partition coefficient (Wildman–Crippen LogP) is 6.97. The van der Waals surface area contributed by atoms with Crippen LogP contribution in [0.3, 0.4) is 0 Å². The van der Waals surface area contributed by atoms with Crippen LogP contribution in [0.2, 0.25) is 0 Å². The zero-order valence-electron chi connectivity index (χ0n) is 17.9. The Bertz CT molecular complexity index is 1440. The van der Waals surface area contributed by atoms with Gasteiger partial charge < -0.3 is 9.47 Å². The third kappa shape index (κ3) is 5.00. The number of hydrogen-bond donors (Lipinski definition) is 0. The van der Waals surface area contributed by atoms with Gasteiger partial charge in [0.15, 0.2) is 11.5 Å². The van der Waals surface area contributed by atoms with Crippen LogP contribution in [0.5, 0.6) is 11.5 Å². The van der Waals surface area contributed by atoms with Crippen LogP contribution in [0, 0.1) is 26.2 Å². The molecule has 33 heavy (non-hydrogen) atoms. The molecule has 0 amide bonds. The lowest BCUT2D eigenvalue weighted by molar-refractivity contribution is 0.283. The van der Waals surface area contributed by atoms with E-state index in [2.05, 4.69) is 59.0 Å². The van der Waals surface area contributed by atoms with Crippen molar-refractivity contribution < 1.29 is 9.47 Å².